The van der Waals surface area contributed by atoms with Crippen LogP contribution in [-0.2, 0) is 18.6 Å². The first-order valence-corrected chi connectivity index (χ1v) is 13.2. The van der Waals surface area contributed by atoms with Crippen molar-refractivity contribution in [1.82, 2.24) is 19.5 Å². The smallest absolute Gasteiger partial charge is 0.266 e. The number of thiophene rings is 1. The number of para-hydroxylation sites is 1. The van der Waals surface area contributed by atoms with Gasteiger partial charge >= 0.3 is 0 Å². The molecule has 0 atom stereocenters. The minimum atomic E-state index is -0.158. The van der Waals surface area contributed by atoms with Crippen LogP contribution < -0.4 is 15.9 Å². The largest absolute Gasteiger partial charge is 0.497 e. The third-order valence-electron chi connectivity index (χ3n) is 6.27. The predicted molar refractivity (Wildman–Crippen MR) is 140 cm³/mol. The number of aryl methyl sites for hydroxylation is 2. The second-order valence-electron chi connectivity index (χ2n) is 8.45. The molecule has 3 aromatic heterocycles. The molecule has 0 saturated heterocycles. The summed E-state index contributed by atoms with van der Waals surface area (Å²) in [5, 5.41) is 1.81. The van der Waals surface area contributed by atoms with E-state index < -0.39 is 0 Å². The molecule has 0 spiro atoms. The summed E-state index contributed by atoms with van der Waals surface area (Å²) >= 11 is 3.01. The summed E-state index contributed by atoms with van der Waals surface area (Å²) in [4.78, 5) is 41.1. The number of methoxy groups -OCH3 is 1. The van der Waals surface area contributed by atoms with Gasteiger partial charge in [-0.2, -0.15) is 0 Å². The molecule has 1 N–H and O–H groups in total. The van der Waals surface area contributed by atoms with Crippen LogP contribution in [0.4, 0.5) is 0 Å². The van der Waals surface area contributed by atoms with Crippen LogP contribution >= 0.6 is 23.1 Å². The van der Waals surface area contributed by atoms with Crippen LogP contribution in [0, 0.1) is 0 Å². The lowest BCUT2D eigenvalue weighted by Gasteiger charge is -2.14. The Morgan fingerprint density at radius 3 is 2.83 bits per heavy atom. The average molecular weight is 503 g/mol. The van der Waals surface area contributed by atoms with Gasteiger partial charge in [0.25, 0.3) is 11.1 Å². The Hall–Kier alpha value is -3.43. The molecule has 0 fully saturated rings. The molecule has 0 saturated carbocycles. The highest BCUT2D eigenvalue weighted by molar-refractivity contribution is 7.98. The fourth-order valence-electron chi connectivity index (χ4n) is 4.60. The van der Waals surface area contributed by atoms with Crippen molar-refractivity contribution in [3.05, 3.63) is 85.5 Å². The zero-order valence-electron chi connectivity index (χ0n) is 19.0. The van der Waals surface area contributed by atoms with Gasteiger partial charge in [0.1, 0.15) is 16.4 Å². The number of thioether (sulfide) groups is 1. The molecule has 1 aliphatic rings. The maximum absolute atomic E-state index is 13.5. The van der Waals surface area contributed by atoms with Gasteiger partial charge in [-0.3, -0.25) is 14.2 Å². The second kappa shape index (κ2) is 8.98. The Labute approximate surface area is 208 Å². The molecule has 0 unspecified atom stereocenters. The fraction of sp³-hybridized carbons (Fsp3) is 0.231. The lowest BCUT2D eigenvalue weighted by Crippen LogP contribution is -2.22. The van der Waals surface area contributed by atoms with Gasteiger partial charge in [-0.25, -0.2) is 9.97 Å². The van der Waals surface area contributed by atoms with E-state index in [1.807, 2.05) is 42.5 Å². The molecule has 9 heteroatoms. The van der Waals surface area contributed by atoms with E-state index in [2.05, 4.69) is 4.98 Å². The molecule has 1 aliphatic carbocycles. The Morgan fingerprint density at radius 1 is 1.09 bits per heavy atom. The molecule has 3 heterocycles. The van der Waals surface area contributed by atoms with Gasteiger partial charge < -0.3 is 9.72 Å². The number of benzene rings is 2. The molecule has 35 heavy (non-hydrogen) atoms. The average Bonchev–Trinajstić information content (AvgIpc) is 3.26. The minimum Gasteiger partial charge on any atom is -0.497 e. The van der Waals surface area contributed by atoms with Crippen molar-refractivity contribution < 1.29 is 4.74 Å². The number of H-pyrrole nitrogens is 1. The number of ether oxygens (including phenoxy) is 1. The molecule has 0 bridgehead atoms. The monoisotopic (exact) mass is 502 g/mol. The van der Waals surface area contributed by atoms with Gasteiger partial charge in [-0.1, -0.05) is 30.0 Å². The van der Waals surface area contributed by atoms with E-state index >= 15 is 0 Å². The number of fused-ring (bicyclic) bond motifs is 4. The van der Waals surface area contributed by atoms with Crippen LogP contribution in [0.5, 0.6) is 5.75 Å². The van der Waals surface area contributed by atoms with E-state index in [1.165, 1.54) is 22.2 Å². The second-order valence-corrected chi connectivity index (χ2v) is 10.5. The molecule has 5 aromatic rings. The van der Waals surface area contributed by atoms with Crippen molar-refractivity contribution in [3.63, 3.8) is 0 Å². The standard InChI is InChI=1S/C26H22N4O3S2/c1-33-16-8-6-7-15(13-16)30-25(32)17-9-2-4-11-19(17)27-26(30)34-14-21-28-23(31)22-18-10-3-5-12-20(18)35-24(22)29-21/h2,4,6-9,11,13H,3,5,10,12,14H2,1H3,(H,28,29,31). The molecule has 176 valence electrons. The van der Waals surface area contributed by atoms with Crippen LogP contribution in [-0.4, -0.2) is 26.6 Å². The van der Waals surface area contributed by atoms with Crippen LogP contribution in [0.1, 0.15) is 29.1 Å². The molecule has 0 amide bonds. The van der Waals surface area contributed by atoms with E-state index in [0.717, 1.165) is 35.9 Å². The molecule has 2 aromatic carbocycles. The van der Waals surface area contributed by atoms with Gasteiger partial charge in [0, 0.05) is 10.9 Å². The number of nitrogens with zero attached hydrogens (tertiary/aromatic N) is 3. The Morgan fingerprint density at radius 2 is 1.94 bits per heavy atom. The molecule has 6 rings (SSSR count). The third kappa shape index (κ3) is 3.94. The normalized spacial score (nSPS) is 13.3. The molecule has 7 nitrogen and oxygen atoms in total. The third-order valence-corrected chi connectivity index (χ3v) is 8.40. The van der Waals surface area contributed by atoms with Gasteiger partial charge in [-0.05, 0) is 55.5 Å². The Balaban J connectivity index is 1.42. The highest BCUT2D eigenvalue weighted by Gasteiger charge is 2.20. The van der Waals surface area contributed by atoms with Crippen LogP contribution in [0.25, 0.3) is 26.8 Å². The first-order valence-electron chi connectivity index (χ1n) is 11.4. The lowest BCUT2D eigenvalue weighted by molar-refractivity contribution is 0.414. The molecule has 0 radical (unpaired) electrons. The predicted octanol–water partition coefficient (Wildman–Crippen LogP) is 4.86. The topological polar surface area (TPSA) is 89.9 Å². The van der Waals surface area contributed by atoms with E-state index in [4.69, 9.17) is 14.7 Å². The van der Waals surface area contributed by atoms with E-state index in [1.54, 1.807) is 29.1 Å². The minimum absolute atomic E-state index is 0.0818. The SMILES string of the molecule is COc1cccc(-n2c(SCc3nc4sc5c(c4c(=O)[nH]3)CCCC5)nc3ccccc3c2=O)c1. The summed E-state index contributed by atoms with van der Waals surface area (Å²) in [5.41, 5.74) is 2.23. The van der Waals surface area contributed by atoms with Gasteiger partial charge in [-0.15, -0.1) is 11.3 Å². The van der Waals surface area contributed by atoms with E-state index in [-0.39, 0.29) is 11.1 Å². The number of aromatic amines is 1. The number of nitrogens with one attached hydrogen (secondary N) is 1. The Bertz CT molecular complexity index is 1700. The lowest BCUT2D eigenvalue weighted by atomic mass is 9.97. The van der Waals surface area contributed by atoms with Crippen molar-refractivity contribution in [3.8, 4) is 11.4 Å². The van der Waals surface area contributed by atoms with Crippen molar-refractivity contribution in [2.45, 2.75) is 36.6 Å². The number of rotatable bonds is 5. The van der Waals surface area contributed by atoms with Crippen molar-refractivity contribution >= 4 is 44.2 Å². The van der Waals surface area contributed by atoms with Crippen LogP contribution in [0.15, 0.2) is 63.3 Å². The molecule has 0 aliphatic heterocycles. The maximum atomic E-state index is 13.5. The summed E-state index contributed by atoms with van der Waals surface area (Å²) in [7, 11) is 1.59. The van der Waals surface area contributed by atoms with Crippen molar-refractivity contribution in [2.24, 2.45) is 0 Å². The van der Waals surface area contributed by atoms with E-state index in [0.29, 0.717) is 39.1 Å². The van der Waals surface area contributed by atoms with Crippen LogP contribution in [0.3, 0.4) is 0 Å². The highest BCUT2D eigenvalue weighted by atomic mass is 32.2. The van der Waals surface area contributed by atoms with E-state index in [9.17, 15) is 9.59 Å². The summed E-state index contributed by atoms with van der Waals surface area (Å²) in [6.45, 7) is 0. The van der Waals surface area contributed by atoms with Gasteiger partial charge in [0.15, 0.2) is 5.16 Å². The maximum Gasteiger partial charge on any atom is 0.266 e. The number of hydrogen-bond acceptors (Lipinski definition) is 7. The zero-order valence-corrected chi connectivity index (χ0v) is 20.7. The molecular formula is C26H22N4O3S2. The fourth-order valence-corrected chi connectivity index (χ4v) is 6.76. The van der Waals surface area contributed by atoms with Gasteiger partial charge in [0.2, 0.25) is 0 Å². The summed E-state index contributed by atoms with van der Waals surface area (Å²) < 4.78 is 6.96. The zero-order chi connectivity index (χ0) is 23.9. The number of hydrogen-bond donors (Lipinski definition) is 1. The van der Waals surface area contributed by atoms with Crippen molar-refractivity contribution in [1.29, 1.82) is 0 Å². The Kier molecular flexibility index (Phi) is 5.66. The number of aromatic nitrogens is 4. The van der Waals surface area contributed by atoms with Gasteiger partial charge in [0.05, 0.1) is 34.8 Å². The van der Waals surface area contributed by atoms with Crippen LogP contribution in [0.2, 0.25) is 0 Å². The first-order chi connectivity index (χ1) is 17.1. The highest BCUT2D eigenvalue weighted by Crippen LogP contribution is 2.34. The summed E-state index contributed by atoms with van der Waals surface area (Å²) in [5.74, 6) is 1.60. The summed E-state index contributed by atoms with van der Waals surface area (Å²) in [6.07, 6.45) is 4.25. The molecular weight excluding hydrogens is 480 g/mol. The van der Waals surface area contributed by atoms with Crippen molar-refractivity contribution in [2.75, 3.05) is 7.11 Å². The quantitative estimate of drug-likeness (QED) is 0.273. The first kappa shape index (κ1) is 22.1. The summed E-state index contributed by atoms with van der Waals surface area (Å²) in [6, 6.07) is 14.6.